The lowest BCUT2D eigenvalue weighted by Crippen LogP contribution is -2.46. The van der Waals surface area contributed by atoms with Gasteiger partial charge in [0.1, 0.15) is 0 Å². The number of nitrogens with one attached hydrogen (secondary N) is 1. The smallest absolute Gasteiger partial charge is 0.237 e. The predicted molar refractivity (Wildman–Crippen MR) is 73.6 cm³/mol. The Morgan fingerprint density at radius 2 is 1.84 bits per heavy atom. The van der Waals surface area contributed by atoms with E-state index in [1.165, 1.54) is 0 Å². The first-order valence-corrected chi connectivity index (χ1v) is 7.33. The van der Waals surface area contributed by atoms with Crippen LogP contribution in [0.5, 0.6) is 0 Å². The quantitative estimate of drug-likeness (QED) is 0.808. The summed E-state index contributed by atoms with van der Waals surface area (Å²) in [6.45, 7) is 5.42. The molecule has 19 heavy (non-hydrogen) atoms. The minimum Gasteiger partial charge on any atom is -0.358 e. The van der Waals surface area contributed by atoms with Crippen molar-refractivity contribution in [1.82, 2.24) is 15.1 Å². The zero-order valence-corrected chi connectivity index (χ0v) is 12.0. The first-order chi connectivity index (χ1) is 9.11. The molecule has 0 aliphatic carbocycles. The SMILES string of the molecule is CNC(=O)[C@@H]1CCCN1CC1CCN(C(C)=O)CC1. The van der Waals surface area contributed by atoms with Crippen LogP contribution in [0.2, 0.25) is 0 Å². The molecule has 0 bridgehead atoms. The molecule has 2 aliphatic rings. The van der Waals surface area contributed by atoms with E-state index in [1.807, 2.05) is 4.90 Å². The molecule has 2 fully saturated rings. The molecule has 0 radical (unpaired) electrons. The molecule has 2 heterocycles. The van der Waals surface area contributed by atoms with E-state index >= 15 is 0 Å². The van der Waals surface area contributed by atoms with Gasteiger partial charge in [-0.1, -0.05) is 0 Å². The van der Waals surface area contributed by atoms with Crippen molar-refractivity contribution in [3.8, 4) is 0 Å². The van der Waals surface area contributed by atoms with Crippen molar-refractivity contribution in [2.75, 3.05) is 33.2 Å². The zero-order chi connectivity index (χ0) is 13.8. The molecule has 5 heteroatoms. The van der Waals surface area contributed by atoms with Crippen LogP contribution < -0.4 is 5.32 Å². The van der Waals surface area contributed by atoms with Crippen LogP contribution in [0.25, 0.3) is 0 Å². The zero-order valence-electron chi connectivity index (χ0n) is 12.0. The van der Waals surface area contributed by atoms with Crippen molar-refractivity contribution in [1.29, 1.82) is 0 Å². The minimum absolute atomic E-state index is 0.0656. The average Bonchev–Trinajstić information content (AvgIpc) is 2.86. The number of carbonyl (C=O) groups excluding carboxylic acids is 2. The lowest BCUT2D eigenvalue weighted by Gasteiger charge is -2.34. The molecule has 1 N–H and O–H groups in total. The summed E-state index contributed by atoms with van der Waals surface area (Å²) < 4.78 is 0. The van der Waals surface area contributed by atoms with E-state index in [0.717, 1.165) is 51.9 Å². The molecule has 108 valence electrons. The molecule has 0 aromatic carbocycles. The highest BCUT2D eigenvalue weighted by atomic mass is 16.2. The van der Waals surface area contributed by atoms with E-state index in [1.54, 1.807) is 14.0 Å². The molecule has 0 aromatic heterocycles. The first-order valence-electron chi connectivity index (χ1n) is 7.33. The maximum atomic E-state index is 11.8. The molecule has 0 unspecified atom stereocenters. The summed E-state index contributed by atoms with van der Waals surface area (Å²) >= 11 is 0. The van der Waals surface area contributed by atoms with Gasteiger partial charge in [0.2, 0.25) is 11.8 Å². The van der Waals surface area contributed by atoms with Gasteiger partial charge < -0.3 is 10.2 Å². The fraction of sp³-hybridized carbons (Fsp3) is 0.857. The van der Waals surface area contributed by atoms with Gasteiger partial charge >= 0.3 is 0 Å². The molecular weight excluding hydrogens is 242 g/mol. The van der Waals surface area contributed by atoms with Crippen LogP contribution in [0.1, 0.15) is 32.6 Å². The lowest BCUT2D eigenvalue weighted by atomic mass is 9.96. The van der Waals surface area contributed by atoms with Crippen LogP contribution in [0.15, 0.2) is 0 Å². The van der Waals surface area contributed by atoms with Gasteiger partial charge in [0.05, 0.1) is 6.04 Å². The van der Waals surface area contributed by atoms with Gasteiger partial charge in [0.25, 0.3) is 0 Å². The molecule has 2 aliphatic heterocycles. The lowest BCUT2D eigenvalue weighted by molar-refractivity contribution is -0.130. The molecular formula is C14H25N3O2. The van der Waals surface area contributed by atoms with Gasteiger partial charge in [-0.15, -0.1) is 0 Å². The van der Waals surface area contributed by atoms with E-state index in [-0.39, 0.29) is 17.9 Å². The fourth-order valence-electron chi connectivity index (χ4n) is 3.27. The van der Waals surface area contributed by atoms with E-state index in [2.05, 4.69) is 10.2 Å². The molecule has 0 aromatic rings. The molecule has 0 saturated carbocycles. The summed E-state index contributed by atoms with van der Waals surface area (Å²) in [5.74, 6) is 0.961. The first kappa shape index (κ1) is 14.3. The van der Waals surface area contributed by atoms with Crippen molar-refractivity contribution >= 4 is 11.8 Å². The standard InChI is InChI=1S/C14H25N3O2/c1-11(18)16-8-5-12(6-9-16)10-17-7-3-4-13(17)14(19)15-2/h12-13H,3-10H2,1-2H3,(H,15,19)/t13-/m0/s1. The number of hydrogen-bond acceptors (Lipinski definition) is 3. The number of likely N-dealkylation sites (N-methyl/N-ethyl adjacent to an activating group) is 1. The third-order valence-corrected chi connectivity index (χ3v) is 4.47. The van der Waals surface area contributed by atoms with Crippen LogP contribution in [0.3, 0.4) is 0 Å². The number of nitrogens with zero attached hydrogens (tertiary/aromatic N) is 2. The summed E-state index contributed by atoms with van der Waals surface area (Å²) in [7, 11) is 1.71. The molecule has 2 saturated heterocycles. The normalized spacial score (nSPS) is 25.6. The topological polar surface area (TPSA) is 52.7 Å². The second kappa shape index (κ2) is 6.37. The summed E-state index contributed by atoms with van der Waals surface area (Å²) in [6.07, 6.45) is 4.23. The summed E-state index contributed by atoms with van der Waals surface area (Å²) in [6, 6.07) is 0.0656. The highest BCUT2D eigenvalue weighted by Crippen LogP contribution is 2.24. The monoisotopic (exact) mass is 267 g/mol. The van der Waals surface area contributed by atoms with Crippen LogP contribution >= 0.6 is 0 Å². The van der Waals surface area contributed by atoms with Gasteiger partial charge in [-0.05, 0) is 38.1 Å². The third kappa shape index (κ3) is 3.47. The Bertz CT molecular complexity index is 338. The highest BCUT2D eigenvalue weighted by Gasteiger charge is 2.32. The summed E-state index contributed by atoms with van der Waals surface area (Å²) in [4.78, 5) is 27.3. The van der Waals surface area contributed by atoms with Gasteiger partial charge in [-0.3, -0.25) is 14.5 Å². The molecule has 5 nitrogen and oxygen atoms in total. The molecule has 1 atom stereocenters. The van der Waals surface area contributed by atoms with E-state index in [4.69, 9.17) is 0 Å². The van der Waals surface area contributed by atoms with Crippen LogP contribution in [-0.2, 0) is 9.59 Å². The average molecular weight is 267 g/mol. The van der Waals surface area contributed by atoms with Crippen LogP contribution in [0, 0.1) is 5.92 Å². The van der Waals surface area contributed by atoms with Crippen molar-refractivity contribution in [2.24, 2.45) is 5.92 Å². The van der Waals surface area contributed by atoms with Gasteiger partial charge in [-0.2, -0.15) is 0 Å². The van der Waals surface area contributed by atoms with E-state index in [9.17, 15) is 9.59 Å². The van der Waals surface area contributed by atoms with Gasteiger partial charge in [0, 0.05) is 33.6 Å². The number of amides is 2. The number of carbonyl (C=O) groups is 2. The number of rotatable bonds is 3. The maximum absolute atomic E-state index is 11.8. The second-order valence-electron chi connectivity index (χ2n) is 5.72. The van der Waals surface area contributed by atoms with Gasteiger partial charge in [-0.25, -0.2) is 0 Å². The third-order valence-electron chi connectivity index (χ3n) is 4.47. The Hall–Kier alpha value is -1.10. The van der Waals surface area contributed by atoms with Crippen molar-refractivity contribution in [3.05, 3.63) is 0 Å². The van der Waals surface area contributed by atoms with E-state index in [0.29, 0.717) is 5.92 Å². The van der Waals surface area contributed by atoms with Crippen LogP contribution in [0.4, 0.5) is 0 Å². The van der Waals surface area contributed by atoms with E-state index < -0.39 is 0 Å². The predicted octanol–water partition coefficient (Wildman–Crippen LogP) is 0.455. The Morgan fingerprint density at radius 1 is 1.16 bits per heavy atom. The van der Waals surface area contributed by atoms with Crippen LogP contribution in [-0.4, -0.2) is 60.9 Å². The maximum Gasteiger partial charge on any atom is 0.237 e. The Morgan fingerprint density at radius 3 is 2.42 bits per heavy atom. The van der Waals surface area contributed by atoms with Crippen molar-refractivity contribution in [3.63, 3.8) is 0 Å². The van der Waals surface area contributed by atoms with Gasteiger partial charge in [0.15, 0.2) is 0 Å². The minimum atomic E-state index is 0.0656. The largest absolute Gasteiger partial charge is 0.358 e. The Kier molecular flexibility index (Phi) is 4.80. The summed E-state index contributed by atoms with van der Waals surface area (Å²) in [5, 5.41) is 2.76. The highest BCUT2D eigenvalue weighted by molar-refractivity contribution is 5.81. The second-order valence-corrected chi connectivity index (χ2v) is 5.72. The summed E-state index contributed by atoms with van der Waals surface area (Å²) in [5.41, 5.74) is 0. The fourth-order valence-corrected chi connectivity index (χ4v) is 3.27. The number of likely N-dealkylation sites (tertiary alicyclic amines) is 2. The number of hydrogen-bond donors (Lipinski definition) is 1. The molecule has 2 amide bonds. The van der Waals surface area contributed by atoms with Crippen molar-refractivity contribution in [2.45, 2.75) is 38.6 Å². The molecule has 2 rings (SSSR count). The number of piperidine rings is 1. The Balaban J connectivity index is 1.82. The molecule has 0 spiro atoms. The Labute approximate surface area is 115 Å². The van der Waals surface area contributed by atoms with Crippen molar-refractivity contribution < 1.29 is 9.59 Å².